The summed E-state index contributed by atoms with van der Waals surface area (Å²) in [6.45, 7) is 4.16. The molecule has 0 saturated carbocycles. The minimum absolute atomic E-state index is 0.121. The quantitative estimate of drug-likeness (QED) is 0.741. The maximum atomic E-state index is 12.6. The largest absolute Gasteiger partial charge is 0.329 e. The molecule has 0 spiro atoms. The van der Waals surface area contributed by atoms with Crippen molar-refractivity contribution in [1.29, 1.82) is 0 Å². The van der Waals surface area contributed by atoms with Crippen LogP contribution >= 0.6 is 0 Å². The van der Waals surface area contributed by atoms with Crippen molar-refractivity contribution in [1.82, 2.24) is 0 Å². The average molecular weight is 375 g/mol. The Balaban J connectivity index is 2.19. The Morgan fingerprint density at radius 2 is 1.69 bits per heavy atom. The molecule has 0 radical (unpaired) electrons. The van der Waals surface area contributed by atoms with Gasteiger partial charge in [-0.15, -0.1) is 0 Å². The predicted octanol–water partition coefficient (Wildman–Crippen LogP) is 3.36. The van der Waals surface area contributed by atoms with Crippen LogP contribution in [0.2, 0.25) is 0 Å². The van der Waals surface area contributed by atoms with Crippen molar-refractivity contribution in [2.24, 2.45) is 11.1 Å². The summed E-state index contributed by atoms with van der Waals surface area (Å²) < 4.78 is 25.1. The first-order valence-corrected chi connectivity index (χ1v) is 10.4. The summed E-state index contributed by atoms with van der Waals surface area (Å²) in [5, 5.41) is 2.89. The van der Waals surface area contributed by atoms with Gasteiger partial charge in [-0.1, -0.05) is 44.2 Å². The topological polar surface area (TPSA) is 89.3 Å². The first-order valence-electron chi connectivity index (χ1n) is 8.75. The van der Waals surface area contributed by atoms with Gasteiger partial charge in [0.15, 0.2) is 9.84 Å². The zero-order valence-corrected chi connectivity index (χ0v) is 16.1. The molecule has 3 N–H and O–H groups in total. The van der Waals surface area contributed by atoms with Crippen molar-refractivity contribution in [3.8, 4) is 0 Å². The van der Waals surface area contributed by atoms with Gasteiger partial charge in [0.1, 0.15) is 0 Å². The van der Waals surface area contributed by atoms with E-state index < -0.39 is 15.3 Å². The third-order valence-corrected chi connectivity index (χ3v) is 6.57. The van der Waals surface area contributed by atoms with E-state index in [9.17, 15) is 13.2 Å². The second-order valence-corrected chi connectivity index (χ2v) is 8.41. The molecule has 0 aliphatic heterocycles. The summed E-state index contributed by atoms with van der Waals surface area (Å²) >= 11 is 0. The van der Waals surface area contributed by atoms with Crippen molar-refractivity contribution in [2.75, 3.05) is 11.9 Å². The van der Waals surface area contributed by atoms with Gasteiger partial charge in [0.25, 0.3) is 0 Å². The van der Waals surface area contributed by atoms with Crippen molar-refractivity contribution in [3.63, 3.8) is 0 Å². The number of nitrogens with one attached hydrogen (secondary N) is 1. The summed E-state index contributed by atoms with van der Waals surface area (Å²) in [4.78, 5) is 12.9. The lowest BCUT2D eigenvalue weighted by Crippen LogP contribution is -2.41. The van der Waals surface area contributed by atoms with Crippen LogP contribution in [0.3, 0.4) is 0 Å². The molecule has 0 aliphatic carbocycles. The maximum absolute atomic E-state index is 12.6. The Morgan fingerprint density at radius 3 is 2.27 bits per heavy atom. The summed E-state index contributed by atoms with van der Waals surface area (Å²) in [6, 6.07) is 15.3. The van der Waals surface area contributed by atoms with Crippen molar-refractivity contribution >= 4 is 21.4 Å². The summed E-state index contributed by atoms with van der Waals surface area (Å²) in [5.41, 5.74) is 6.42. The standard InChI is InChI=1S/C20H26N2O3S/c1-3-20(4-2,15-21)19(23)22-17-10-8-9-16(13-17)14-26(24,25)18-11-6-5-7-12-18/h5-13H,3-4,14-15,21H2,1-2H3,(H,22,23). The van der Waals surface area contributed by atoms with Crippen molar-refractivity contribution < 1.29 is 13.2 Å². The van der Waals surface area contributed by atoms with E-state index in [2.05, 4.69) is 5.32 Å². The van der Waals surface area contributed by atoms with Crippen LogP contribution in [0, 0.1) is 5.41 Å². The van der Waals surface area contributed by atoms with Gasteiger partial charge in [0.05, 0.1) is 16.1 Å². The SMILES string of the molecule is CCC(CC)(CN)C(=O)Nc1cccc(CS(=O)(=O)c2ccccc2)c1. The van der Waals surface area contributed by atoms with E-state index in [-0.39, 0.29) is 23.1 Å². The van der Waals surface area contributed by atoms with Crippen LogP contribution in [0.15, 0.2) is 59.5 Å². The minimum atomic E-state index is -3.43. The highest BCUT2D eigenvalue weighted by atomic mass is 32.2. The molecule has 140 valence electrons. The Kier molecular flexibility index (Phi) is 6.56. The minimum Gasteiger partial charge on any atom is -0.329 e. The predicted molar refractivity (Wildman–Crippen MR) is 104 cm³/mol. The van der Waals surface area contributed by atoms with Gasteiger partial charge in [-0.2, -0.15) is 0 Å². The molecule has 2 aromatic carbocycles. The van der Waals surface area contributed by atoms with E-state index in [1.54, 1.807) is 54.6 Å². The van der Waals surface area contributed by atoms with Crippen LogP contribution in [-0.4, -0.2) is 20.9 Å². The van der Waals surface area contributed by atoms with E-state index in [1.807, 2.05) is 13.8 Å². The van der Waals surface area contributed by atoms with Crippen LogP contribution < -0.4 is 11.1 Å². The first-order chi connectivity index (χ1) is 12.4. The second-order valence-electron chi connectivity index (χ2n) is 6.42. The fourth-order valence-corrected chi connectivity index (χ4v) is 4.24. The molecule has 26 heavy (non-hydrogen) atoms. The second kappa shape index (κ2) is 8.47. The molecule has 2 aromatic rings. The molecule has 0 aliphatic rings. The molecular weight excluding hydrogens is 348 g/mol. The summed E-state index contributed by atoms with van der Waals surface area (Å²) in [5.74, 6) is -0.252. The van der Waals surface area contributed by atoms with E-state index in [4.69, 9.17) is 5.73 Å². The van der Waals surface area contributed by atoms with E-state index >= 15 is 0 Å². The number of amides is 1. The number of nitrogens with two attached hydrogens (primary N) is 1. The third-order valence-electron chi connectivity index (χ3n) is 4.87. The Bertz CT molecular complexity index is 836. The number of hydrogen-bond acceptors (Lipinski definition) is 4. The smallest absolute Gasteiger partial charge is 0.231 e. The van der Waals surface area contributed by atoms with Crippen LogP contribution in [0.4, 0.5) is 5.69 Å². The highest BCUT2D eigenvalue weighted by Crippen LogP contribution is 2.27. The lowest BCUT2D eigenvalue weighted by atomic mass is 9.81. The molecule has 6 heteroatoms. The van der Waals surface area contributed by atoms with Crippen LogP contribution in [0.25, 0.3) is 0 Å². The average Bonchev–Trinajstić information content (AvgIpc) is 2.64. The van der Waals surface area contributed by atoms with Crippen LogP contribution in [0.5, 0.6) is 0 Å². The molecule has 2 rings (SSSR count). The number of sulfone groups is 1. The van der Waals surface area contributed by atoms with Gasteiger partial charge >= 0.3 is 0 Å². The fourth-order valence-electron chi connectivity index (χ4n) is 2.89. The number of carbonyl (C=O) groups is 1. The van der Waals surface area contributed by atoms with Gasteiger partial charge in [0, 0.05) is 12.2 Å². The zero-order valence-electron chi connectivity index (χ0n) is 15.2. The summed E-state index contributed by atoms with van der Waals surface area (Å²) in [6.07, 6.45) is 1.29. The molecule has 1 amide bonds. The molecule has 0 bridgehead atoms. The number of benzene rings is 2. The van der Waals surface area contributed by atoms with Crippen molar-refractivity contribution in [3.05, 3.63) is 60.2 Å². The molecule has 5 nitrogen and oxygen atoms in total. The Labute approximate surface area is 155 Å². The van der Waals surface area contributed by atoms with Crippen molar-refractivity contribution in [2.45, 2.75) is 37.3 Å². The normalized spacial score (nSPS) is 12.0. The van der Waals surface area contributed by atoms with Gasteiger partial charge in [-0.25, -0.2) is 8.42 Å². The van der Waals surface area contributed by atoms with Gasteiger partial charge in [-0.05, 0) is 42.7 Å². The fraction of sp³-hybridized carbons (Fsp3) is 0.350. The van der Waals surface area contributed by atoms with E-state index in [0.29, 0.717) is 24.1 Å². The molecule has 0 saturated heterocycles. The Morgan fingerprint density at radius 1 is 1.04 bits per heavy atom. The highest BCUT2D eigenvalue weighted by Gasteiger charge is 2.33. The maximum Gasteiger partial charge on any atom is 0.231 e. The van der Waals surface area contributed by atoms with Gasteiger partial charge in [0.2, 0.25) is 5.91 Å². The number of anilines is 1. The van der Waals surface area contributed by atoms with E-state index in [0.717, 1.165) is 0 Å². The van der Waals surface area contributed by atoms with Gasteiger partial charge < -0.3 is 11.1 Å². The first kappa shape index (κ1) is 20.1. The van der Waals surface area contributed by atoms with Crippen LogP contribution in [-0.2, 0) is 20.4 Å². The van der Waals surface area contributed by atoms with Crippen LogP contribution in [0.1, 0.15) is 32.3 Å². The van der Waals surface area contributed by atoms with E-state index in [1.165, 1.54) is 0 Å². The molecular formula is C20H26N2O3S. The molecule has 0 atom stereocenters. The third kappa shape index (κ3) is 4.51. The number of hydrogen-bond donors (Lipinski definition) is 2. The number of rotatable bonds is 8. The monoisotopic (exact) mass is 374 g/mol. The Hall–Kier alpha value is -2.18. The molecule has 0 heterocycles. The van der Waals surface area contributed by atoms with Gasteiger partial charge in [-0.3, -0.25) is 4.79 Å². The lowest BCUT2D eigenvalue weighted by molar-refractivity contribution is -0.125. The molecule has 0 aromatic heterocycles. The number of carbonyl (C=O) groups excluding carboxylic acids is 1. The highest BCUT2D eigenvalue weighted by molar-refractivity contribution is 7.90. The molecule has 0 unspecified atom stereocenters. The lowest BCUT2D eigenvalue weighted by Gasteiger charge is -2.28. The molecule has 0 fully saturated rings. The zero-order chi connectivity index (χ0) is 19.2. The summed E-state index contributed by atoms with van der Waals surface area (Å²) in [7, 11) is -3.43.